The SMILES string of the molecule is CN(CCCc1cc(-c2ccccc2)no1)CC(=O)Nc1cccc(S(=O)(=O)N2CCOCC2)c1. The summed E-state index contributed by atoms with van der Waals surface area (Å²) >= 11 is 0. The van der Waals surface area contributed by atoms with Crippen molar-refractivity contribution in [1.82, 2.24) is 14.4 Å². The third-order valence-corrected chi connectivity index (χ3v) is 7.63. The van der Waals surface area contributed by atoms with Crippen molar-refractivity contribution >= 4 is 21.6 Å². The lowest BCUT2D eigenvalue weighted by Crippen LogP contribution is -2.40. The summed E-state index contributed by atoms with van der Waals surface area (Å²) in [5.41, 5.74) is 2.28. The number of nitrogens with one attached hydrogen (secondary N) is 1. The van der Waals surface area contributed by atoms with Crippen molar-refractivity contribution < 1.29 is 22.5 Å². The largest absolute Gasteiger partial charge is 0.379 e. The number of nitrogens with zero attached hydrogens (tertiary/aromatic N) is 3. The number of benzene rings is 2. The minimum atomic E-state index is -3.62. The third-order valence-electron chi connectivity index (χ3n) is 5.73. The average molecular weight is 499 g/mol. The van der Waals surface area contributed by atoms with E-state index in [1.165, 1.54) is 10.4 Å². The Labute approximate surface area is 205 Å². The van der Waals surface area contributed by atoms with Crippen LogP contribution in [-0.4, -0.2) is 75.1 Å². The molecule has 1 saturated heterocycles. The first kappa shape index (κ1) is 25.1. The van der Waals surface area contributed by atoms with Crippen LogP contribution in [0.25, 0.3) is 11.3 Å². The van der Waals surface area contributed by atoms with Gasteiger partial charge in [-0.25, -0.2) is 8.42 Å². The maximum absolute atomic E-state index is 12.9. The number of hydrogen-bond acceptors (Lipinski definition) is 7. The van der Waals surface area contributed by atoms with E-state index in [1.807, 2.05) is 48.3 Å². The first-order valence-electron chi connectivity index (χ1n) is 11.6. The van der Waals surface area contributed by atoms with E-state index >= 15 is 0 Å². The number of aromatic nitrogens is 1. The van der Waals surface area contributed by atoms with Crippen LogP contribution in [0.2, 0.25) is 0 Å². The van der Waals surface area contributed by atoms with Gasteiger partial charge in [-0.15, -0.1) is 0 Å². The van der Waals surface area contributed by atoms with E-state index in [0.29, 0.717) is 45.0 Å². The van der Waals surface area contributed by atoms with Gasteiger partial charge in [0.1, 0.15) is 11.5 Å². The molecule has 1 fully saturated rings. The van der Waals surface area contributed by atoms with Crippen LogP contribution in [0, 0.1) is 0 Å². The smallest absolute Gasteiger partial charge is 0.243 e. The summed E-state index contributed by atoms with van der Waals surface area (Å²) in [5.74, 6) is 0.597. The summed E-state index contributed by atoms with van der Waals surface area (Å²) in [6.07, 6.45) is 1.52. The lowest BCUT2D eigenvalue weighted by molar-refractivity contribution is -0.117. The Kier molecular flexibility index (Phi) is 8.29. The van der Waals surface area contributed by atoms with E-state index in [4.69, 9.17) is 9.26 Å². The molecule has 1 aliphatic rings. The molecule has 1 amide bonds. The summed E-state index contributed by atoms with van der Waals surface area (Å²) in [6, 6.07) is 18.2. The highest BCUT2D eigenvalue weighted by atomic mass is 32.2. The van der Waals surface area contributed by atoms with Gasteiger partial charge in [0.2, 0.25) is 15.9 Å². The Balaban J connectivity index is 1.24. The predicted octanol–water partition coefficient (Wildman–Crippen LogP) is 2.87. The van der Waals surface area contributed by atoms with Crippen molar-refractivity contribution in [2.24, 2.45) is 0 Å². The van der Waals surface area contributed by atoms with Gasteiger partial charge in [-0.2, -0.15) is 4.31 Å². The van der Waals surface area contributed by atoms with Crippen LogP contribution in [0.1, 0.15) is 12.2 Å². The molecule has 0 saturated carbocycles. The molecule has 0 radical (unpaired) electrons. The molecule has 2 heterocycles. The number of amides is 1. The van der Waals surface area contributed by atoms with Crippen molar-refractivity contribution in [3.63, 3.8) is 0 Å². The zero-order valence-electron chi connectivity index (χ0n) is 19.7. The Hall–Kier alpha value is -3.05. The van der Waals surface area contributed by atoms with Crippen LogP contribution in [0.15, 0.2) is 70.1 Å². The Morgan fingerprint density at radius 2 is 1.86 bits per heavy atom. The van der Waals surface area contributed by atoms with Gasteiger partial charge in [-0.05, 0) is 38.2 Å². The van der Waals surface area contributed by atoms with Crippen molar-refractivity contribution in [2.45, 2.75) is 17.7 Å². The van der Waals surface area contributed by atoms with E-state index in [-0.39, 0.29) is 17.3 Å². The van der Waals surface area contributed by atoms with Gasteiger partial charge in [0.05, 0.1) is 24.7 Å². The first-order valence-corrected chi connectivity index (χ1v) is 13.0. The number of sulfonamides is 1. The summed E-state index contributed by atoms with van der Waals surface area (Å²) in [6.45, 7) is 2.29. The Bertz CT molecular complexity index is 1220. The second-order valence-electron chi connectivity index (χ2n) is 8.48. The number of likely N-dealkylation sites (N-methyl/N-ethyl adjacent to an activating group) is 1. The van der Waals surface area contributed by atoms with E-state index < -0.39 is 10.0 Å². The van der Waals surface area contributed by atoms with Crippen molar-refractivity contribution in [2.75, 3.05) is 51.8 Å². The predicted molar refractivity (Wildman–Crippen MR) is 132 cm³/mol. The molecule has 0 aliphatic carbocycles. The van der Waals surface area contributed by atoms with Crippen LogP contribution in [0.4, 0.5) is 5.69 Å². The van der Waals surface area contributed by atoms with Gasteiger partial charge in [0.25, 0.3) is 0 Å². The highest BCUT2D eigenvalue weighted by Crippen LogP contribution is 2.21. The molecule has 0 bridgehead atoms. The normalized spacial score (nSPS) is 14.8. The van der Waals surface area contributed by atoms with Crippen LogP contribution in [-0.2, 0) is 26.0 Å². The molecule has 3 aromatic rings. The van der Waals surface area contributed by atoms with Crippen molar-refractivity contribution in [3.05, 3.63) is 66.4 Å². The second-order valence-corrected chi connectivity index (χ2v) is 10.4. The number of hydrogen-bond donors (Lipinski definition) is 1. The summed E-state index contributed by atoms with van der Waals surface area (Å²) in [7, 11) is -1.75. The summed E-state index contributed by atoms with van der Waals surface area (Å²) in [5, 5.41) is 6.93. The van der Waals surface area contributed by atoms with Crippen LogP contribution in [0.5, 0.6) is 0 Å². The number of aryl methyl sites for hydroxylation is 1. The molecule has 10 heteroatoms. The topological polar surface area (TPSA) is 105 Å². The van der Waals surface area contributed by atoms with Crippen LogP contribution < -0.4 is 5.32 Å². The maximum Gasteiger partial charge on any atom is 0.243 e. The number of carbonyl (C=O) groups is 1. The summed E-state index contributed by atoms with van der Waals surface area (Å²) < 4.78 is 37.8. The fourth-order valence-corrected chi connectivity index (χ4v) is 5.35. The number of ether oxygens (including phenoxy) is 1. The molecule has 0 unspecified atom stereocenters. The second kappa shape index (κ2) is 11.6. The fraction of sp³-hybridized carbons (Fsp3) is 0.360. The number of morpholine rings is 1. The highest BCUT2D eigenvalue weighted by Gasteiger charge is 2.26. The zero-order valence-corrected chi connectivity index (χ0v) is 20.5. The quantitative estimate of drug-likeness (QED) is 0.458. The van der Waals surface area contributed by atoms with Crippen molar-refractivity contribution in [3.8, 4) is 11.3 Å². The zero-order chi connectivity index (χ0) is 24.7. The monoisotopic (exact) mass is 498 g/mol. The Morgan fingerprint density at radius 1 is 1.09 bits per heavy atom. The standard InChI is InChI=1S/C25H30N4O5S/c1-28(12-6-10-22-18-24(27-34-22)20-7-3-2-4-8-20)19-25(30)26-21-9-5-11-23(17-21)35(31,32)29-13-15-33-16-14-29/h2-5,7-9,11,17-18H,6,10,12-16,19H2,1H3,(H,26,30). The van der Waals surface area contributed by atoms with Crippen molar-refractivity contribution in [1.29, 1.82) is 0 Å². The van der Waals surface area contributed by atoms with Gasteiger partial charge in [-0.1, -0.05) is 41.6 Å². The lowest BCUT2D eigenvalue weighted by Gasteiger charge is -2.26. The molecule has 9 nitrogen and oxygen atoms in total. The van der Waals surface area contributed by atoms with Gasteiger partial charge in [0.15, 0.2) is 0 Å². The highest BCUT2D eigenvalue weighted by molar-refractivity contribution is 7.89. The fourth-order valence-electron chi connectivity index (χ4n) is 3.89. The summed E-state index contributed by atoms with van der Waals surface area (Å²) in [4.78, 5) is 14.6. The van der Waals surface area contributed by atoms with Gasteiger partial charge >= 0.3 is 0 Å². The minimum absolute atomic E-state index is 0.160. The Morgan fingerprint density at radius 3 is 2.63 bits per heavy atom. The third kappa shape index (κ3) is 6.76. The first-order chi connectivity index (χ1) is 16.9. The minimum Gasteiger partial charge on any atom is -0.379 e. The molecular formula is C25H30N4O5S. The molecule has 2 aromatic carbocycles. The average Bonchev–Trinajstić information content (AvgIpc) is 3.34. The molecule has 0 spiro atoms. The van der Waals surface area contributed by atoms with Crippen LogP contribution >= 0.6 is 0 Å². The molecule has 1 aromatic heterocycles. The number of anilines is 1. The molecule has 1 N–H and O–H groups in total. The molecule has 4 rings (SSSR count). The van der Waals surface area contributed by atoms with E-state index in [1.54, 1.807) is 18.2 Å². The van der Waals surface area contributed by atoms with E-state index in [0.717, 1.165) is 23.4 Å². The van der Waals surface area contributed by atoms with Gasteiger partial charge in [-0.3, -0.25) is 9.69 Å². The molecule has 186 valence electrons. The molecular weight excluding hydrogens is 468 g/mol. The number of carbonyl (C=O) groups excluding carboxylic acids is 1. The molecule has 1 aliphatic heterocycles. The molecule has 35 heavy (non-hydrogen) atoms. The van der Waals surface area contributed by atoms with Gasteiger partial charge in [0, 0.05) is 36.8 Å². The van der Waals surface area contributed by atoms with Crippen LogP contribution in [0.3, 0.4) is 0 Å². The van der Waals surface area contributed by atoms with Gasteiger partial charge < -0.3 is 14.6 Å². The number of rotatable bonds is 10. The lowest BCUT2D eigenvalue weighted by atomic mass is 10.1. The molecule has 0 atom stereocenters. The van der Waals surface area contributed by atoms with E-state index in [9.17, 15) is 13.2 Å². The maximum atomic E-state index is 12.9. The van der Waals surface area contributed by atoms with E-state index in [2.05, 4.69) is 10.5 Å².